The van der Waals surface area contributed by atoms with E-state index in [2.05, 4.69) is 9.97 Å². The molecule has 0 spiro atoms. The lowest BCUT2D eigenvalue weighted by Crippen LogP contribution is -2.20. The molecule has 1 aliphatic heterocycles. The molecule has 2 fully saturated rings. The quantitative estimate of drug-likeness (QED) is 0.717. The van der Waals surface area contributed by atoms with Crippen molar-refractivity contribution in [2.75, 3.05) is 13.2 Å². The fourth-order valence-electron chi connectivity index (χ4n) is 4.29. The van der Waals surface area contributed by atoms with Crippen LogP contribution >= 0.6 is 11.8 Å². The smallest absolute Gasteiger partial charge is 0.261 e. The monoisotopic (exact) mass is 436 g/mol. The van der Waals surface area contributed by atoms with Gasteiger partial charge >= 0.3 is 0 Å². The van der Waals surface area contributed by atoms with E-state index in [-0.39, 0.29) is 23.0 Å². The number of fused-ring (bicyclic) bond motifs is 1. The lowest BCUT2D eigenvalue weighted by molar-refractivity contribution is 0.0341. The Balaban J connectivity index is 1.46. The number of aromatic nitrogens is 2. The highest BCUT2D eigenvalue weighted by molar-refractivity contribution is 7.99. The highest BCUT2D eigenvalue weighted by Crippen LogP contribution is 2.31. The molecule has 164 valence electrons. The van der Waals surface area contributed by atoms with Crippen molar-refractivity contribution < 1.29 is 19.0 Å². The minimum Gasteiger partial charge on any atom is -0.493 e. The molecule has 1 saturated carbocycles. The van der Waals surface area contributed by atoms with Gasteiger partial charge in [-0.25, -0.2) is 9.37 Å². The van der Waals surface area contributed by atoms with Crippen molar-refractivity contribution in [3.63, 3.8) is 0 Å². The number of H-pyrrole nitrogens is 1. The molecule has 1 aliphatic carbocycles. The second-order valence-corrected chi connectivity index (χ2v) is 10.3. The summed E-state index contributed by atoms with van der Waals surface area (Å²) in [6.45, 7) is 5.16. The van der Waals surface area contributed by atoms with Crippen LogP contribution in [0.3, 0.4) is 0 Å². The molecule has 1 saturated heterocycles. The van der Waals surface area contributed by atoms with Crippen molar-refractivity contribution in [1.82, 2.24) is 9.97 Å². The van der Waals surface area contributed by atoms with Gasteiger partial charge in [-0.3, -0.25) is 4.79 Å². The van der Waals surface area contributed by atoms with Gasteiger partial charge in [0.25, 0.3) is 5.56 Å². The van der Waals surface area contributed by atoms with E-state index in [4.69, 9.17) is 9.47 Å². The molecule has 8 heteroatoms. The Morgan fingerprint density at radius 3 is 2.80 bits per heavy atom. The minimum atomic E-state index is -0.625. The van der Waals surface area contributed by atoms with E-state index in [0.29, 0.717) is 41.3 Å². The summed E-state index contributed by atoms with van der Waals surface area (Å²) in [5.74, 6) is 1.09. The van der Waals surface area contributed by atoms with Crippen molar-refractivity contribution in [1.29, 1.82) is 0 Å². The van der Waals surface area contributed by atoms with Gasteiger partial charge in [-0.05, 0) is 46.0 Å². The summed E-state index contributed by atoms with van der Waals surface area (Å²) in [5, 5.41) is 10.0. The summed E-state index contributed by atoms with van der Waals surface area (Å²) in [5.41, 5.74) is -0.309. The third-order valence-corrected chi connectivity index (χ3v) is 7.24. The first-order chi connectivity index (χ1) is 14.3. The lowest BCUT2D eigenvalue weighted by atomic mass is 9.97. The Bertz CT molecular complexity index is 956. The zero-order chi connectivity index (χ0) is 21.3. The highest BCUT2D eigenvalue weighted by atomic mass is 32.2. The van der Waals surface area contributed by atoms with Gasteiger partial charge in [-0.1, -0.05) is 0 Å². The van der Waals surface area contributed by atoms with Gasteiger partial charge in [0.2, 0.25) is 0 Å². The predicted molar refractivity (Wildman–Crippen MR) is 116 cm³/mol. The van der Waals surface area contributed by atoms with Crippen LogP contribution in [0.5, 0.6) is 5.75 Å². The van der Waals surface area contributed by atoms with E-state index in [1.165, 1.54) is 6.07 Å². The first-order valence-electron chi connectivity index (χ1n) is 10.6. The molecule has 6 nitrogen and oxygen atoms in total. The number of nitrogens with one attached hydrogen (secondary N) is 1. The van der Waals surface area contributed by atoms with Crippen LogP contribution in [0.2, 0.25) is 0 Å². The Labute approximate surface area is 179 Å². The average molecular weight is 437 g/mol. The molecule has 1 aromatic carbocycles. The van der Waals surface area contributed by atoms with Crippen molar-refractivity contribution in [3.8, 4) is 5.75 Å². The van der Waals surface area contributed by atoms with E-state index in [9.17, 15) is 14.3 Å². The molecule has 1 atom stereocenters. The fourth-order valence-corrected chi connectivity index (χ4v) is 5.42. The van der Waals surface area contributed by atoms with Gasteiger partial charge < -0.3 is 19.6 Å². The molecule has 0 amide bonds. The number of nitrogens with zero attached hydrogens (tertiary/aromatic N) is 1. The molecule has 2 aromatic rings. The minimum absolute atomic E-state index is 0.0396. The van der Waals surface area contributed by atoms with Crippen molar-refractivity contribution in [3.05, 3.63) is 34.1 Å². The molecule has 0 bridgehead atoms. The molecule has 30 heavy (non-hydrogen) atoms. The largest absolute Gasteiger partial charge is 0.493 e. The van der Waals surface area contributed by atoms with Crippen LogP contribution < -0.4 is 10.3 Å². The number of hydrogen-bond donors (Lipinski definition) is 2. The molecule has 2 N–H and O–H groups in total. The summed E-state index contributed by atoms with van der Waals surface area (Å²) in [7, 11) is 0. The third-order valence-electron chi connectivity index (χ3n) is 5.86. The SMILES string of the molecule is CC1(C)CC(COc2cc(F)c3c(=O)[nH]c(CS[C@H]4CC[C@H](O)CC4)nc3c2)CO1. The van der Waals surface area contributed by atoms with E-state index >= 15 is 0 Å². The van der Waals surface area contributed by atoms with Gasteiger partial charge in [-0.15, -0.1) is 0 Å². The van der Waals surface area contributed by atoms with Crippen LogP contribution in [0.1, 0.15) is 51.8 Å². The number of rotatable bonds is 6. The van der Waals surface area contributed by atoms with Crippen LogP contribution in [-0.4, -0.2) is 45.2 Å². The first kappa shape index (κ1) is 21.6. The van der Waals surface area contributed by atoms with Crippen molar-refractivity contribution in [2.24, 2.45) is 5.92 Å². The Hall–Kier alpha value is -1.64. The molecule has 2 aliphatic rings. The van der Waals surface area contributed by atoms with E-state index in [0.717, 1.165) is 32.1 Å². The normalized spacial score (nSPS) is 26.2. The number of hydrogen-bond acceptors (Lipinski definition) is 6. The third kappa shape index (κ3) is 5.15. The maximum atomic E-state index is 14.6. The molecule has 1 unspecified atom stereocenters. The number of benzene rings is 1. The van der Waals surface area contributed by atoms with Crippen LogP contribution in [0.4, 0.5) is 4.39 Å². The second-order valence-electron chi connectivity index (χ2n) is 9.01. The van der Waals surface area contributed by atoms with Gasteiger partial charge in [0.1, 0.15) is 22.8 Å². The zero-order valence-corrected chi connectivity index (χ0v) is 18.3. The average Bonchev–Trinajstić information content (AvgIpc) is 3.04. The molecular weight excluding hydrogens is 407 g/mol. The maximum Gasteiger partial charge on any atom is 0.261 e. The van der Waals surface area contributed by atoms with Gasteiger partial charge in [0.15, 0.2) is 0 Å². The second kappa shape index (κ2) is 8.85. The maximum absolute atomic E-state index is 14.6. The molecule has 2 heterocycles. The zero-order valence-electron chi connectivity index (χ0n) is 17.4. The number of aromatic amines is 1. The number of halogens is 1. The number of thioether (sulfide) groups is 1. The summed E-state index contributed by atoms with van der Waals surface area (Å²) in [6, 6.07) is 2.89. The van der Waals surface area contributed by atoms with Crippen molar-refractivity contribution >= 4 is 22.7 Å². The summed E-state index contributed by atoms with van der Waals surface area (Å²) in [4.78, 5) is 19.6. The topological polar surface area (TPSA) is 84.4 Å². The van der Waals surface area contributed by atoms with Gasteiger partial charge in [0.05, 0.1) is 36.2 Å². The van der Waals surface area contributed by atoms with Crippen molar-refractivity contribution in [2.45, 2.75) is 68.7 Å². The van der Waals surface area contributed by atoms with Gasteiger partial charge in [-0.2, -0.15) is 11.8 Å². The summed E-state index contributed by atoms with van der Waals surface area (Å²) < 4.78 is 26.1. The Morgan fingerprint density at radius 1 is 1.33 bits per heavy atom. The van der Waals surface area contributed by atoms with Gasteiger partial charge in [0, 0.05) is 23.3 Å². The molecule has 1 aromatic heterocycles. The number of aliphatic hydroxyl groups excluding tert-OH is 1. The van der Waals surface area contributed by atoms with Crippen LogP contribution in [0.25, 0.3) is 10.9 Å². The van der Waals surface area contributed by atoms with Crippen LogP contribution in [0.15, 0.2) is 16.9 Å². The predicted octanol–water partition coefficient (Wildman–Crippen LogP) is 3.79. The van der Waals surface area contributed by atoms with E-state index in [1.54, 1.807) is 17.8 Å². The number of aliphatic hydroxyl groups is 1. The summed E-state index contributed by atoms with van der Waals surface area (Å²) in [6.07, 6.45) is 4.24. The van der Waals surface area contributed by atoms with E-state index in [1.807, 2.05) is 13.8 Å². The summed E-state index contributed by atoms with van der Waals surface area (Å²) >= 11 is 1.72. The molecule has 4 rings (SSSR count). The fraction of sp³-hybridized carbons (Fsp3) is 0.636. The number of ether oxygens (including phenoxy) is 2. The highest BCUT2D eigenvalue weighted by Gasteiger charge is 2.32. The standard InChI is InChI=1S/C22H29FN2O4S/c1-22(2)9-13(11-29-22)10-28-15-7-17(23)20-18(8-15)24-19(25-21(20)27)12-30-16-5-3-14(26)4-6-16/h7-8,13-14,16,26H,3-6,9-12H2,1-2H3,(H,24,25,27)/t13?,14-,16-. The van der Waals surface area contributed by atoms with Crippen LogP contribution in [-0.2, 0) is 10.5 Å². The Kier molecular flexibility index (Phi) is 6.36. The molecular formula is C22H29FN2O4S. The molecule has 0 radical (unpaired) electrons. The first-order valence-corrected chi connectivity index (χ1v) is 11.6. The van der Waals surface area contributed by atoms with Crippen LogP contribution in [0, 0.1) is 11.7 Å². The van der Waals surface area contributed by atoms with E-state index < -0.39 is 11.4 Å². The Morgan fingerprint density at radius 2 is 2.10 bits per heavy atom. The lowest BCUT2D eigenvalue weighted by Gasteiger charge is -2.24.